The molecule has 3 heteroatoms. The Morgan fingerprint density at radius 1 is 0.967 bits per heavy atom. The molecule has 5 aliphatic rings. The molecule has 1 heterocycles. The number of fused-ring (bicyclic) bond motifs is 5. The predicted molar refractivity (Wildman–Crippen MR) is 118 cm³/mol. The van der Waals surface area contributed by atoms with E-state index in [1.165, 1.54) is 38.5 Å². The zero-order chi connectivity index (χ0) is 21.5. The summed E-state index contributed by atoms with van der Waals surface area (Å²) >= 11 is 0. The van der Waals surface area contributed by atoms with Crippen LogP contribution in [-0.4, -0.2) is 23.3 Å². The Morgan fingerprint density at radius 3 is 2.37 bits per heavy atom. The number of carbonyl (C=O) groups excluding carboxylic acids is 2. The minimum atomic E-state index is 0.0990. The summed E-state index contributed by atoms with van der Waals surface area (Å²) in [7, 11) is 0. The lowest BCUT2D eigenvalue weighted by molar-refractivity contribution is -0.159. The van der Waals surface area contributed by atoms with Gasteiger partial charge in [-0.25, -0.2) is 0 Å². The maximum absolute atomic E-state index is 13.5. The van der Waals surface area contributed by atoms with Gasteiger partial charge in [0.1, 0.15) is 11.6 Å². The van der Waals surface area contributed by atoms with Gasteiger partial charge in [-0.15, -0.1) is 0 Å². The highest BCUT2D eigenvalue weighted by atomic mass is 16.6. The molecule has 30 heavy (non-hydrogen) atoms. The minimum Gasteiger partial charge on any atom is -0.367 e. The second-order valence-electron chi connectivity index (χ2n) is 12.8. The molecule has 5 fully saturated rings. The van der Waals surface area contributed by atoms with E-state index in [0.717, 1.165) is 18.8 Å². The number of ether oxygens (including phenoxy) is 1. The molecular weight excluding hydrogens is 372 g/mol. The van der Waals surface area contributed by atoms with Crippen LogP contribution in [-0.2, 0) is 14.3 Å². The van der Waals surface area contributed by atoms with E-state index < -0.39 is 0 Å². The SMILES string of the molecule is C[C@H](CCC1OC1(C)C)C1CC[C@H]2C3C(=O)CC4CC(=O)CCC4(C)[C@H]3CCC12C. The third-order valence-corrected chi connectivity index (χ3v) is 11.1. The number of hydrogen-bond donors (Lipinski definition) is 0. The summed E-state index contributed by atoms with van der Waals surface area (Å²) < 4.78 is 5.83. The van der Waals surface area contributed by atoms with Crippen LogP contribution in [0.15, 0.2) is 0 Å². The highest BCUT2D eigenvalue weighted by molar-refractivity contribution is 5.86. The average molecular weight is 415 g/mol. The van der Waals surface area contributed by atoms with Gasteiger partial charge in [-0.1, -0.05) is 20.8 Å². The zero-order valence-corrected chi connectivity index (χ0v) is 19.8. The van der Waals surface area contributed by atoms with E-state index in [9.17, 15) is 9.59 Å². The molecule has 0 amide bonds. The van der Waals surface area contributed by atoms with Crippen LogP contribution in [0, 0.1) is 46.3 Å². The van der Waals surface area contributed by atoms with Crippen molar-refractivity contribution in [2.24, 2.45) is 46.3 Å². The smallest absolute Gasteiger partial charge is 0.136 e. The van der Waals surface area contributed by atoms with Crippen LogP contribution in [0.4, 0.5) is 0 Å². The summed E-state index contributed by atoms with van der Waals surface area (Å²) in [6.45, 7) is 11.8. The molecule has 0 bridgehead atoms. The van der Waals surface area contributed by atoms with Gasteiger partial charge in [-0.3, -0.25) is 9.59 Å². The number of Topliss-reactive ketones (excluding diaryl/α,β-unsaturated/α-hetero) is 2. The lowest BCUT2D eigenvalue weighted by Crippen LogP contribution is -2.57. The fourth-order valence-corrected chi connectivity index (χ4v) is 9.05. The third kappa shape index (κ3) is 3.08. The maximum Gasteiger partial charge on any atom is 0.136 e. The lowest BCUT2D eigenvalue weighted by atomic mass is 9.44. The fourth-order valence-electron chi connectivity index (χ4n) is 9.05. The summed E-state index contributed by atoms with van der Waals surface area (Å²) in [5.41, 5.74) is 0.637. The molecule has 0 aromatic rings. The Labute approximate surface area is 183 Å². The molecule has 168 valence electrons. The average Bonchev–Trinajstić information content (AvgIpc) is 3.13. The van der Waals surface area contributed by atoms with Gasteiger partial charge in [-0.05, 0) is 99.2 Å². The summed E-state index contributed by atoms with van der Waals surface area (Å²) in [5, 5.41) is 0. The monoisotopic (exact) mass is 414 g/mol. The van der Waals surface area contributed by atoms with Crippen LogP contribution < -0.4 is 0 Å². The summed E-state index contributed by atoms with van der Waals surface area (Å²) in [6.07, 6.45) is 11.0. The molecule has 0 aromatic carbocycles. The molecule has 5 rings (SSSR count). The lowest BCUT2D eigenvalue weighted by Gasteiger charge is -2.59. The van der Waals surface area contributed by atoms with E-state index in [2.05, 4.69) is 34.6 Å². The number of epoxide rings is 1. The van der Waals surface area contributed by atoms with Gasteiger partial charge in [-0.2, -0.15) is 0 Å². The molecule has 0 spiro atoms. The van der Waals surface area contributed by atoms with Crippen LogP contribution in [0.1, 0.15) is 98.8 Å². The van der Waals surface area contributed by atoms with Crippen LogP contribution in [0.2, 0.25) is 0 Å². The van der Waals surface area contributed by atoms with Crippen LogP contribution in [0.25, 0.3) is 0 Å². The van der Waals surface area contributed by atoms with Gasteiger partial charge in [0.15, 0.2) is 0 Å². The number of rotatable bonds is 4. The molecule has 3 nitrogen and oxygen atoms in total. The zero-order valence-electron chi connectivity index (χ0n) is 19.8. The first-order valence-corrected chi connectivity index (χ1v) is 12.8. The predicted octanol–water partition coefficient (Wildman–Crippen LogP) is 5.99. The molecule has 1 saturated heterocycles. The fraction of sp³-hybridized carbons (Fsp3) is 0.926. The van der Waals surface area contributed by atoms with Crippen molar-refractivity contribution in [3.63, 3.8) is 0 Å². The molecular formula is C27H42O3. The molecule has 4 saturated carbocycles. The quantitative estimate of drug-likeness (QED) is 0.531. The van der Waals surface area contributed by atoms with Crippen molar-refractivity contribution in [2.45, 2.75) is 111 Å². The van der Waals surface area contributed by atoms with Crippen molar-refractivity contribution >= 4 is 11.6 Å². The Morgan fingerprint density at radius 2 is 1.67 bits per heavy atom. The standard InChI is InChI=1S/C27H42O3/c1-16(6-9-23-25(2,3)30-23)19-7-8-20-24-21(11-13-27(19,20)5)26(4)12-10-18(28)14-17(26)15-22(24)29/h16-17,19-21,23-24H,6-15H2,1-5H3/t16-,17?,19?,20+,21+,23?,24?,26?,27?/m1/s1. The Kier molecular flexibility index (Phi) is 4.87. The number of hydrogen-bond acceptors (Lipinski definition) is 3. The van der Waals surface area contributed by atoms with Crippen LogP contribution >= 0.6 is 0 Å². The minimum absolute atomic E-state index is 0.0990. The molecule has 0 radical (unpaired) electrons. The van der Waals surface area contributed by atoms with E-state index >= 15 is 0 Å². The van der Waals surface area contributed by atoms with Gasteiger partial charge >= 0.3 is 0 Å². The van der Waals surface area contributed by atoms with E-state index in [1.54, 1.807) is 0 Å². The van der Waals surface area contributed by atoms with Crippen molar-refractivity contribution in [1.82, 2.24) is 0 Å². The van der Waals surface area contributed by atoms with Crippen LogP contribution in [0.5, 0.6) is 0 Å². The van der Waals surface area contributed by atoms with E-state index in [0.29, 0.717) is 59.6 Å². The number of carbonyl (C=O) groups is 2. The van der Waals surface area contributed by atoms with E-state index in [1.807, 2.05) is 0 Å². The maximum atomic E-state index is 13.5. The summed E-state index contributed by atoms with van der Waals surface area (Å²) in [6, 6.07) is 0. The molecule has 1 aliphatic heterocycles. The molecule has 6 unspecified atom stereocenters. The third-order valence-electron chi connectivity index (χ3n) is 11.1. The van der Waals surface area contributed by atoms with Crippen molar-refractivity contribution < 1.29 is 14.3 Å². The summed E-state index contributed by atoms with van der Waals surface area (Å²) in [4.78, 5) is 25.6. The first kappa shape index (κ1) is 21.2. The van der Waals surface area contributed by atoms with Gasteiger partial charge in [0.2, 0.25) is 0 Å². The molecule has 9 atom stereocenters. The van der Waals surface area contributed by atoms with Gasteiger partial charge in [0.05, 0.1) is 11.7 Å². The highest BCUT2D eigenvalue weighted by Gasteiger charge is 2.63. The Balaban J connectivity index is 1.33. The first-order chi connectivity index (χ1) is 14.1. The van der Waals surface area contributed by atoms with Crippen molar-refractivity contribution in [2.75, 3.05) is 0 Å². The topological polar surface area (TPSA) is 46.7 Å². The van der Waals surface area contributed by atoms with Crippen molar-refractivity contribution in [3.05, 3.63) is 0 Å². The largest absolute Gasteiger partial charge is 0.367 e. The highest BCUT2D eigenvalue weighted by Crippen LogP contribution is 2.67. The van der Waals surface area contributed by atoms with Crippen LogP contribution in [0.3, 0.4) is 0 Å². The second kappa shape index (κ2) is 6.90. The molecule has 4 aliphatic carbocycles. The summed E-state index contributed by atoms with van der Waals surface area (Å²) in [5.74, 6) is 4.03. The van der Waals surface area contributed by atoms with Gasteiger partial charge in [0, 0.05) is 25.2 Å². The van der Waals surface area contributed by atoms with Crippen molar-refractivity contribution in [1.29, 1.82) is 0 Å². The normalized spacial score (nSPS) is 50.4. The molecule has 0 aromatic heterocycles. The second-order valence-corrected chi connectivity index (χ2v) is 12.8. The van der Waals surface area contributed by atoms with E-state index in [-0.39, 0.29) is 16.9 Å². The molecule has 0 N–H and O–H groups in total. The Hall–Kier alpha value is -0.700. The number of ketones is 2. The van der Waals surface area contributed by atoms with Crippen molar-refractivity contribution in [3.8, 4) is 0 Å². The Bertz CT molecular complexity index is 740. The first-order valence-electron chi connectivity index (χ1n) is 12.8. The van der Waals surface area contributed by atoms with E-state index in [4.69, 9.17) is 4.74 Å². The van der Waals surface area contributed by atoms with Gasteiger partial charge in [0.25, 0.3) is 0 Å². The van der Waals surface area contributed by atoms with Gasteiger partial charge < -0.3 is 4.74 Å².